The van der Waals surface area contributed by atoms with Gasteiger partial charge in [0.1, 0.15) is 5.76 Å². The van der Waals surface area contributed by atoms with Crippen molar-refractivity contribution in [2.75, 3.05) is 0 Å². The van der Waals surface area contributed by atoms with Crippen LogP contribution in [0.25, 0.3) is 0 Å². The minimum absolute atomic E-state index is 0.358. The van der Waals surface area contributed by atoms with Gasteiger partial charge in [-0.25, -0.2) is 0 Å². The minimum Gasteiger partial charge on any atom is -0.431 e. The van der Waals surface area contributed by atoms with E-state index >= 15 is 0 Å². The summed E-state index contributed by atoms with van der Waals surface area (Å²) >= 11 is 5.81. The number of rotatable bonds is 3. The molecule has 3 nitrogen and oxygen atoms in total. The summed E-state index contributed by atoms with van der Waals surface area (Å²) < 4.78 is 5.20. The first kappa shape index (κ1) is 14.3. The van der Waals surface area contributed by atoms with Gasteiger partial charge >= 0.3 is 5.97 Å². The molecule has 17 heavy (non-hydrogen) atoms. The molecule has 2 unspecified atom stereocenters. The van der Waals surface area contributed by atoms with Crippen LogP contribution in [0.5, 0.6) is 0 Å². The standard InChI is InChI=1S/C13H19ClO3/c1-9(14)7-8-13(3)11(16)5-4-6-12(13)17-10(2)15/h6-7,11,16H,4-5,8H2,1-3H3/b9-7+. The van der Waals surface area contributed by atoms with E-state index in [4.69, 9.17) is 16.3 Å². The van der Waals surface area contributed by atoms with Crippen LogP contribution in [0, 0.1) is 5.41 Å². The van der Waals surface area contributed by atoms with Gasteiger partial charge < -0.3 is 9.84 Å². The quantitative estimate of drug-likeness (QED) is 0.791. The topological polar surface area (TPSA) is 46.5 Å². The Morgan fingerprint density at radius 3 is 2.88 bits per heavy atom. The average Bonchev–Trinajstić information content (AvgIpc) is 2.22. The number of hydrogen-bond acceptors (Lipinski definition) is 3. The lowest BCUT2D eigenvalue weighted by Crippen LogP contribution is -2.37. The van der Waals surface area contributed by atoms with Crippen molar-refractivity contribution >= 4 is 17.6 Å². The van der Waals surface area contributed by atoms with Crippen molar-refractivity contribution in [3.63, 3.8) is 0 Å². The number of aliphatic hydroxyl groups is 1. The van der Waals surface area contributed by atoms with Gasteiger partial charge in [0.05, 0.1) is 11.5 Å². The second-order valence-corrected chi connectivity index (χ2v) is 5.26. The fourth-order valence-electron chi connectivity index (χ4n) is 1.99. The van der Waals surface area contributed by atoms with Gasteiger partial charge in [-0.15, -0.1) is 0 Å². The molecular formula is C13H19ClO3. The van der Waals surface area contributed by atoms with E-state index < -0.39 is 11.5 Å². The predicted octanol–water partition coefficient (Wildman–Crippen LogP) is 3.13. The molecule has 0 aliphatic heterocycles. The molecule has 0 saturated carbocycles. The molecule has 4 heteroatoms. The van der Waals surface area contributed by atoms with Crippen LogP contribution in [0.15, 0.2) is 22.9 Å². The molecule has 2 atom stereocenters. The van der Waals surface area contributed by atoms with Crippen molar-refractivity contribution in [3.05, 3.63) is 22.9 Å². The summed E-state index contributed by atoms with van der Waals surface area (Å²) in [7, 11) is 0. The van der Waals surface area contributed by atoms with E-state index in [9.17, 15) is 9.90 Å². The highest BCUT2D eigenvalue weighted by atomic mass is 35.5. The zero-order valence-electron chi connectivity index (χ0n) is 10.5. The first-order valence-corrected chi connectivity index (χ1v) is 6.13. The fourth-order valence-corrected chi connectivity index (χ4v) is 2.07. The van der Waals surface area contributed by atoms with Gasteiger partial charge in [0, 0.05) is 12.0 Å². The van der Waals surface area contributed by atoms with Crippen LogP contribution >= 0.6 is 11.6 Å². The first-order valence-electron chi connectivity index (χ1n) is 5.75. The molecule has 0 amide bonds. The summed E-state index contributed by atoms with van der Waals surface area (Å²) in [6.45, 7) is 5.04. The molecule has 0 saturated heterocycles. The molecule has 0 heterocycles. The monoisotopic (exact) mass is 258 g/mol. The summed E-state index contributed by atoms with van der Waals surface area (Å²) in [5.74, 6) is 0.195. The molecule has 0 bridgehead atoms. The third-order valence-corrected chi connectivity index (χ3v) is 3.28. The van der Waals surface area contributed by atoms with Crippen LogP contribution < -0.4 is 0 Å². The summed E-state index contributed by atoms with van der Waals surface area (Å²) in [5, 5.41) is 10.8. The Labute approximate surface area is 107 Å². The Hall–Kier alpha value is -0.800. The zero-order valence-corrected chi connectivity index (χ0v) is 11.3. The SMILES string of the molecule is CC(=O)OC1=CCCC(O)C1(C)C/C=C(\C)Cl. The molecular weight excluding hydrogens is 240 g/mol. The molecule has 1 aliphatic rings. The largest absolute Gasteiger partial charge is 0.431 e. The summed E-state index contributed by atoms with van der Waals surface area (Å²) in [5.41, 5.74) is -0.569. The zero-order chi connectivity index (χ0) is 13.1. The number of halogens is 1. The molecule has 96 valence electrons. The summed E-state index contributed by atoms with van der Waals surface area (Å²) in [6, 6.07) is 0. The van der Waals surface area contributed by atoms with Crippen LogP contribution in [0.1, 0.15) is 40.0 Å². The Balaban J connectivity index is 2.95. The van der Waals surface area contributed by atoms with Gasteiger partial charge in [0.2, 0.25) is 0 Å². The lowest BCUT2D eigenvalue weighted by Gasteiger charge is -2.37. The lowest BCUT2D eigenvalue weighted by molar-refractivity contribution is -0.140. The van der Waals surface area contributed by atoms with Gasteiger partial charge in [-0.2, -0.15) is 0 Å². The molecule has 1 aliphatic carbocycles. The normalized spacial score (nSPS) is 29.8. The number of carbonyl (C=O) groups excluding carboxylic acids is 1. The fraction of sp³-hybridized carbons (Fsp3) is 0.615. The van der Waals surface area contributed by atoms with E-state index in [1.807, 2.05) is 19.1 Å². The van der Waals surface area contributed by atoms with Crippen LogP contribution in [-0.4, -0.2) is 17.2 Å². The lowest BCUT2D eigenvalue weighted by atomic mass is 9.74. The molecule has 1 N–H and O–H groups in total. The van der Waals surface area contributed by atoms with Gasteiger partial charge in [-0.05, 0) is 39.2 Å². The highest BCUT2D eigenvalue weighted by molar-refractivity contribution is 6.29. The smallest absolute Gasteiger partial charge is 0.307 e. The Morgan fingerprint density at radius 1 is 1.71 bits per heavy atom. The number of allylic oxidation sites excluding steroid dienone is 3. The van der Waals surface area contributed by atoms with E-state index in [0.717, 1.165) is 6.42 Å². The second-order valence-electron chi connectivity index (χ2n) is 4.67. The highest BCUT2D eigenvalue weighted by Crippen LogP contribution is 2.41. The third-order valence-electron chi connectivity index (χ3n) is 3.13. The molecule has 0 aromatic rings. The predicted molar refractivity (Wildman–Crippen MR) is 67.4 cm³/mol. The van der Waals surface area contributed by atoms with Gasteiger partial charge in [0.15, 0.2) is 0 Å². The molecule has 0 spiro atoms. The highest BCUT2D eigenvalue weighted by Gasteiger charge is 2.40. The van der Waals surface area contributed by atoms with Gasteiger partial charge in [0.25, 0.3) is 0 Å². The van der Waals surface area contributed by atoms with Crippen LogP contribution in [0.2, 0.25) is 0 Å². The second kappa shape index (κ2) is 5.69. The average molecular weight is 259 g/mol. The van der Waals surface area contributed by atoms with Crippen molar-refractivity contribution in [1.82, 2.24) is 0 Å². The number of esters is 1. The van der Waals surface area contributed by atoms with Crippen molar-refractivity contribution in [2.24, 2.45) is 5.41 Å². The number of ether oxygens (including phenoxy) is 1. The maximum absolute atomic E-state index is 11.1. The number of aliphatic hydroxyl groups excluding tert-OH is 1. The minimum atomic E-state index is -0.569. The van der Waals surface area contributed by atoms with Crippen LogP contribution in [0.3, 0.4) is 0 Å². The molecule has 0 aromatic carbocycles. The third kappa shape index (κ3) is 3.58. The molecule has 0 aromatic heterocycles. The maximum atomic E-state index is 11.1. The Bertz CT molecular complexity index is 356. The van der Waals surface area contributed by atoms with Crippen LogP contribution in [-0.2, 0) is 9.53 Å². The number of hydrogen-bond donors (Lipinski definition) is 1. The van der Waals surface area contributed by atoms with E-state index in [1.165, 1.54) is 6.92 Å². The number of carbonyl (C=O) groups is 1. The van der Waals surface area contributed by atoms with Crippen LogP contribution in [0.4, 0.5) is 0 Å². The molecule has 0 radical (unpaired) electrons. The van der Waals surface area contributed by atoms with Crippen molar-refractivity contribution < 1.29 is 14.6 Å². The van der Waals surface area contributed by atoms with E-state index in [2.05, 4.69) is 0 Å². The van der Waals surface area contributed by atoms with Crippen molar-refractivity contribution in [1.29, 1.82) is 0 Å². The first-order chi connectivity index (χ1) is 7.86. The van der Waals surface area contributed by atoms with Gasteiger partial charge in [-0.3, -0.25) is 4.79 Å². The summed E-state index contributed by atoms with van der Waals surface area (Å²) in [6.07, 6.45) is 5.16. The van der Waals surface area contributed by atoms with E-state index in [-0.39, 0.29) is 5.97 Å². The Kier molecular flexibility index (Phi) is 4.78. The van der Waals surface area contributed by atoms with E-state index in [1.54, 1.807) is 6.92 Å². The van der Waals surface area contributed by atoms with Crippen molar-refractivity contribution in [2.45, 2.75) is 46.1 Å². The van der Waals surface area contributed by atoms with Gasteiger partial charge in [-0.1, -0.05) is 17.7 Å². The summed E-state index contributed by atoms with van der Waals surface area (Å²) in [4.78, 5) is 11.1. The van der Waals surface area contributed by atoms with E-state index in [0.29, 0.717) is 23.6 Å². The maximum Gasteiger partial charge on any atom is 0.307 e. The molecule has 0 fully saturated rings. The van der Waals surface area contributed by atoms with Crippen molar-refractivity contribution in [3.8, 4) is 0 Å². The molecule has 1 rings (SSSR count). The Morgan fingerprint density at radius 2 is 2.35 bits per heavy atom.